The summed E-state index contributed by atoms with van der Waals surface area (Å²) in [6, 6.07) is 0. The van der Waals surface area contributed by atoms with Crippen molar-refractivity contribution in [3.05, 3.63) is 29.3 Å². The average Bonchev–Trinajstić information content (AvgIpc) is 2.78. The summed E-state index contributed by atoms with van der Waals surface area (Å²) >= 11 is 1.24. The minimum absolute atomic E-state index is 0.223. The van der Waals surface area contributed by atoms with Gasteiger partial charge in [-0.15, -0.1) is 10.2 Å². The number of nitrogens with one attached hydrogen (secondary N) is 1. The Kier molecular flexibility index (Phi) is 3.30. The molecule has 8 heteroatoms. The largest absolute Gasteiger partial charge is 0.320 e. The van der Waals surface area contributed by atoms with Gasteiger partial charge in [0.1, 0.15) is 10.7 Å². The topological polar surface area (TPSA) is 107 Å². The first-order valence-corrected chi connectivity index (χ1v) is 5.98. The molecular weight excluding hydrogens is 252 g/mol. The molecule has 18 heavy (non-hydrogen) atoms. The highest BCUT2D eigenvalue weighted by Crippen LogP contribution is 2.24. The van der Waals surface area contributed by atoms with Crippen molar-refractivity contribution < 1.29 is 4.79 Å². The fraction of sp³-hybridized carbons (Fsp3) is 0.300. The van der Waals surface area contributed by atoms with Crippen molar-refractivity contribution in [1.82, 2.24) is 20.2 Å². The number of rotatable bonds is 3. The normalized spacial score (nSPS) is 11.3. The van der Waals surface area contributed by atoms with E-state index in [0.29, 0.717) is 10.1 Å². The molecule has 2 heterocycles. The van der Waals surface area contributed by atoms with Crippen molar-refractivity contribution in [1.29, 1.82) is 0 Å². The third-order valence-electron chi connectivity index (χ3n) is 1.99. The van der Waals surface area contributed by atoms with Gasteiger partial charge in [-0.1, -0.05) is 11.3 Å². The number of amides is 1. The van der Waals surface area contributed by atoms with Crippen molar-refractivity contribution >= 4 is 22.4 Å². The fourth-order valence-corrected chi connectivity index (χ4v) is 1.86. The van der Waals surface area contributed by atoms with Gasteiger partial charge in [-0.2, -0.15) is 0 Å². The standard InChI is InChI=1S/C10H12N6OS/c1-10(2,11)8-15-16-9(18-8)14-7(17)6-5-12-3-4-13-6/h3-5H,11H2,1-2H3,(H,14,16,17). The predicted octanol–water partition coefficient (Wildman–Crippen LogP) is 0.774. The van der Waals surface area contributed by atoms with Crippen LogP contribution in [0.25, 0.3) is 0 Å². The van der Waals surface area contributed by atoms with Gasteiger partial charge in [-0.25, -0.2) is 4.98 Å². The second-order valence-electron chi connectivity index (χ2n) is 4.18. The van der Waals surface area contributed by atoms with Gasteiger partial charge in [-0.3, -0.25) is 15.1 Å². The zero-order valence-electron chi connectivity index (χ0n) is 9.91. The average molecular weight is 264 g/mol. The molecule has 0 aliphatic rings. The van der Waals surface area contributed by atoms with Crippen molar-refractivity contribution in [2.75, 3.05) is 5.32 Å². The zero-order valence-corrected chi connectivity index (χ0v) is 10.7. The van der Waals surface area contributed by atoms with E-state index in [1.807, 2.05) is 13.8 Å². The van der Waals surface area contributed by atoms with Crippen molar-refractivity contribution in [2.24, 2.45) is 5.73 Å². The molecule has 0 aliphatic heterocycles. The number of anilines is 1. The molecular formula is C10H12N6OS. The Bertz CT molecular complexity index is 547. The maximum Gasteiger partial charge on any atom is 0.277 e. The van der Waals surface area contributed by atoms with Crippen LogP contribution < -0.4 is 11.1 Å². The molecule has 2 aromatic rings. The highest BCUT2D eigenvalue weighted by molar-refractivity contribution is 7.15. The molecule has 0 fully saturated rings. The molecule has 0 saturated carbocycles. The van der Waals surface area contributed by atoms with Crippen molar-refractivity contribution in [2.45, 2.75) is 19.4 Å². The highest BCUT2D eigenvalue weighted by Gasteiger charge is 2.20. The maximum atomic E-state index is 11.8. The van der Waals surface area contributed by atoms with Crippen molar-refractivity contribution in [3.63, 3.8) is 0 Å². The molecule has 0 bridgehead atoms. The second-order valence-corrected chi connectivity index (χ2v) is 5.16. The van der Waals surface area contributed by atoms with Gasteiger partial charge in [0.05, 0.1) is 11.7 Å². The van der Waals surface area contributed by atoms with Crippen LogP contribution in [0.3, 0.4) is 0 Å². The van der Waals surface area contributed by atoms with Crippen LogP contribution in [0.15, 0.2) is 18.6 Å². The summed E-state index contributed by atoms with van der Waals surface area (Å²) in [6.07, 6.45) is 4.32. The van der Waals surface area contributed by atoms with Gasteiger partial charge in [0.2, 0.25) is 5.13 Å². The summed E-state index contributed by atoms with van der Waals surface area (Å²) in [5, 5.41) is 11.4. The molecule has 0 aromatic carbocycles. The minimum atomic E-state index is -0.576. The Morgan fingerprint density at radius 2 is 2.17 bits per heavy atom. The smallest absolute Gasteiger partial charge is 0.277 e. The molecule has 3 N–H and O–H groups in total. The van der Waals surface area contributed by atoms with Crippen LogP contribution in [0.4, 0.5) is 5.13 Å². The molecule has 94 valence electrons. The Balaban J connectivity index is 2.11. The van der Waals surface area contributed by atoms with Gasteiger partial charge >= 0.3 is 0 Å². The van der Waals surface area contributed by atoms with E-state index < -0.39 is 5.54 Å². The first-order valence-electron chi connectivity index (χ1n) is 5.17. The number of hydrogen-bond donors (Lipinski definition) is 2. The maximum absolute atomic E-state index is 11.8. The third kappa shape index (κ3) is 2.84. The fourth-order valence-electron chi connectivity index (χ4n) is 1.11. The summed E-state index contributed by atoms with van der Waals surface area (Å²) in [5.74, 6) is -0.374. The Labute approximate surface area is 107 Å². The van der Waals surface area contributed by atoms with E-state index >= 15 is 0 Å². The lowest BCUT2D eigenvalue weighted by Crippen LogP contribution is -2.28. The summed E-state index contributed by atoms with van der Waals surface area (Å²) in [6.45, 7) is 3.64. The monoisotopic (exact) mass is 264 g/mol. The zero-order chi connectivity index (χ0) is 13.2. The van der Waals surface area contributed by atoms with Crippen LogP contribution in [0.1, 0.15) is 29.3 Å². The van der Waals surface area contributed by atoms with Crippen molar-refractivity contribution in [3.8, 4) is 0 Å². The van der Waals surface area contributed by atoms with E-state index in [9.17, 15) is 4.79 Å². The Morgan fingerprint density at radius 1 is 1.39 bits per heavy atom. The molecule has 0 saturated heterocycles. The van der Waals surface area contributed by atoms with E-state index in [2.05, 4.69) is 25.5 Å². The third-order valence-corrected chi connectivity index (χ3v) is 3.17. The number of hydrogen-bond acceptors (Lipinski definition) is 7. The lowest BCUT2D eigenvalue weighted by molar-refractivity contribution is 0.102. The molecule has 2 aromatic heterocycles. The van der Waals surface area contributed by atoms with Gasteiger partial charge in [0.15, 0.2) is 0 Å². The summed E-state index contributed by atoms with van der Waals surface area (Å²) in [4.78, 5) is 19.5. The molecule has 0 aliphatic carbocycles. The molecule has 0 radical (unpaired) electrons. The van der Waals surface area contributed by atoms with E-state index in [1.165, 1.54) is 29.9 Å². The van der Waals surface area contributed by atoms with Crippen LogP contribution in [0, 0.1) is 0 Å². The number of carbonyl (C=O) groups excluding carboxylic acids is 1. The highest BCUT2D eigenvalue weighted by atomic mass is 32.1. The molecule has 7 nitrogen and oxygen atoms in total. The van der Waals surface area contributed by atoms with Crippen LogP contribution >= 0.6 is 11.3 Å². The number of carbonyl (C=O) groups is 1. The predicted molar refractivity (Wildman–Crippen MR) is 67.1 cm³/mol. The molecule has 1 amide bonds. The number of nitrogens with zero attached hydrogens (tertiary/aromatic N) is 4. The number of nitrogens with two attached hydrogens (primary N) is 1. The van der Waals surface area contributed by atoms with Crippen LogP contribution in [0.2, 0.25) is 0 Å². The van der Waals surface area contributed by atoms with E-state index in [0.717, 1.165) is 0 Å². The number of aromatic nitrogens is 4. The quantitative estimate of drug-likeness (QED) is 0.848. The van der Waals surface area contributed by atoms with Crippen LogP contribution in [0.5, 0.6) is 0 Å². The first-order chi connectivity index (χ1) is 8.47. The van der Waals surface area contributed by atoms with Gasteiger partial charge < -0.3 is 5.73 Å². The van der Waals surface area contributed by atoms with E-state index in [4.69, 9.17) is 5.73 Å². The van der Waals surface area contributed by atoms with Crippen LogP contribution in [-0.2, 0) is 5.54 Å². The molecule has 2 rings (SSSR count). The van der Waals surface area contributed by atoms with Gasteiger partial charge in [0.25, 0.3) is 5.91 Å². The summed E-state index contributed by atoms with van der Waals surface area (Å²) < 4.78 is 0. The van der Waals surface area contributed by atoms with Gasteiger partial charge in [0, 0.05) is 12.4 Å². The minimum Gasteiger partial charge on any atom is -0.320 e. The first kappa shape index (κ1) is 12.5. The van der Waals surface area contributed by atoms with E-state index in [1.54, 1.807) is 0 Å². The SMILES string of the molecule is CC(C)(N)c1nnc(NC(=O)c2cnccn2)s1. The second kappa shape index (κ2) is 4.75. The lowest BCUT2D eigenvalue weighted by atomic mass is 10.1. The Morgan fingerprint density at radius 3 is 2.72 bits per heavy atom. The van der Waals surface area contributed by atoms with Gasteiger partial charge in [-0.05, 0) is 13.8 Å². The molecule has 0 spiro atoms. The van der Waals surface area contributed by atoms with E-state index in [-0.39, 0.29) is 11.6 Å². The summed E-state index contributed by atoms with van der Waals surface area (Å²) in [7, 11) is 0. The van der Waals surface area contributed by atoms with Crippen LogP contribution in [-0.4, -0.2) is 26.1 Å². The summed E-state index contributed by atoms with van der Waals surface area (Å²) in [5.41, 5.74) is 5.53. The Hall–Kier alpha value is -1.93. The molecule has 0 atom stereocenters. The molecule has 0 unspecified atom stereocenters. The lowest BCUT2D eigenvalue weighted by Gasteiger charge is -2.12.